The van der Waals surface area contributed by atoms with Crippen molar-refractivity contribution in [3.05, 3.63) is 60.2 Å². The van der Waals surface area contributed by atoms with E-state index >= 15 is 0 Å². The Hall–Kier alpha value is -2.54. The number of carbonyl (C=O) groups excluding carboxylic acids is 1. The van der Waals surface area contributed by atoms with Crippen LogP contribution in [0.4, 0.5) is 5.69 Å². The zero-order valence-corrected chi connectivity index (χ0v) is 14.5. The van der Waals surface area contributed by atoms with Gasteiger partial charge in [-0.2, -0.15) is 0 Å². The van der Waals surface area contributed by atoms with Gasteiger partial charge in [0.05, 0.1) is 18.0 Å². The van der Waals surface area contributed by atoms with Crippen molar-refractivity contribution in [1.82, 2.24) is 5.32 Å². The molecule has 1 amide bonds. The first-order valence-corrected chi connectivity index (χ1v) is 9.74. The zero-order chi connectivity index (χ0) is 17.7. The molecule has 0 atom stereocenters. The quantitative estimate of drug-likeness (QED) is 0.800. The van der Waals surface area contributed by atoms with E-state index in [-0.39, 0.29) is 11.7 Å². The maximum Gasteiger partial charge on any atom is 0.251 e. The van der Waals surface area contributed by atoms with Crippen LogP contribution in [0.5, 0.6) is 5.75 Å². The number of benzene rings is 2. The van der Waals surface area contributed by atoms with E-state index < -0.39 is 10.0 Å². The number of anilines is 1. The fraction of sp³-hybridized carbons (Fsp3) is 0.278. The van der Waals surface area contributed by atoms with Crippen LogP contribution in [0.2, 0.25) is 0 Å². The van der Waals surface area contributed by atoms with Crippen LogP contribution in [0, 0.1) is 0 Å². The van der Waals surface area contributed by atoms with E-state index in [9.17, 15) is 13.2 Å². The monoisotopic (exact) mass is 360 g/mol. The maximum atomic E-state index is 12.2. The van der Waals surface area contributed by atoms with Crippen molar-refractivity contribution in [3.63, 3.8) is 0 Å². The lowest BCUT2D eigenvalue weighted by molar-refractivity contribution is 0.0947. The molecule has 7 heteroatoms. The normalized spacial score (nSPS) is 15.8. The standard InChI is InChI=1S/C18H20N2O4S/c21-18(19-10-12-24-17-8-2-1-3-9-17)15-6-4-7-16(14-15)20-11-5-13-25(20,22)23/h1-4,6-9,14H,5,10-13H2,(H,19,21). The number of amides is 1. The molecule has 1 heterocycles. The summed E-state index contributed by atoms with van der Waals surface area (Å²) in [5.41, 5.74) is 0.963. The van der Waals surface area contributed by atoms with Gasteiger partial charge in [0.25, 0.3) is 5.91 Å². The number of sulfonamides is 1. The van der Waals surface area contributed by atoms with Gasteiger partial charge in [0.1, 0.15) is 12.4 Å². The third-order valence-electron chi connectivity index (χ3n) is 3.90. The molecule has 1 saturated heterocycles. The van der Waals surface area contributed by atoms with Crippen molar-refractivity contribution in [2.45, 2.75) is 6.42 Å². The van der Waals surface area contributed by atoms with Gasteiger partial charge >= 0.3 is 0 Å². The Morgan fingerprint density at radius 1 is 1.12 bits per heavy atom. The van der Waals surface area contributed by atoms with Crippen molar-refractivity contribution >= 4 is 21.6 Å². The fourth-order valence-electron chi connectivity index (χ4n) is 2.68. The molecule has 0 aromatic heterocycles. The highest BCUT2D eigenvalue weighted by atomic mass is 32.2. The van der Waals surface area contributed by atoms with Gasteiger partial charge in [-0.3, -0.25) is 9.10 Å². The van der Waals surface area contributed by atoms with Crippen LogP contribution in [-0.2, 0) is 10.0 Å². The second kappa shape index (κ2) is 7.57. The maximum absolute atomic E-state index is 12.2. The fourth-order valence-corrected chi connectivity index (χ4v) is 4.24. The van der Waals surface area contributed by atoms with Crippen LogP contribution in [0.3, 0.4) is 0 Å². The summed E-state index contributed by atoms with van der Waals surface area (Å²) in [6.45, 7) is 1.17. The van der Waals surface area contributed by atoms with Gasteiger partial charge in [-0.25, -0.2) is 8.42 Å². The van der Waals surface area contributed by atoms with Gasteiger partial charge in [-0.15, -0.1) is 0 Å². The molecule has 1 fully saturated rings. The predicted octanol–water partition coefficient (Wildman–Crippen LogP) is 2.04. The van der Waals surface area contributed by atoms with E-state index in [2.05, 4.69) is 5.32 Å². The number of para-hydroxylation sites is 1. The van der Waals surface area contributed by atoms with Gasteiger partial charge < -0.3 is 10.1 Å². The minimum atomic E-state index is -3.25. The average Bonchev–Trinajstić information content (AvgIpc) is 2.99. The summed E-state index contributed by atoms with van der Waals surface area (Å²) in [6.07, 6.45) is 0.607. The van der Waals surface area contributed by atoms with Gasteiger partial charge in [-0.1, -0.05) is 24.3 Å². The van der Waals surface area contributed by atoms with Gasteiger partial charge in [0, 0.05) is 12.1 Å². The summed E-state index contributed by atoms with van der Waals surface area (Å²) in [6, 6.07) is 16.0. The first-order chi connectivity index (χ1) is 12.1. The van der Waals surface area contributed by atoms with Crippen molar-refractivity contribution < 1.29 is 17.9 Å². The summed E-state index contributed by atoms with van der Waals surface area (Å²) in [5.74, 6) is 0.647. The molecular formula is C18H20N2O4S. The number of nitrogens with one attached hydrogen (secondary N) is 1. The SMILES string of the molecule is O=C(NCCOc1ccccc1)c1cccc(N2CCCS2(=O)=O)c1. The molecule has 1 N–H and O–H groups in total. The van der Waals surface area contributed by atoms with Crippen LogP contribution in [0.1, 0.15) is 16.8 Å². The first-order valence-electron chi connectivity index (χ1n) is 8.13. The predicted molar refractivity (Wildman–Crippen MR) is 96.5 cm³/mol. The third-order valence-corrected chi connectivity index (χ3v) is 5.76. The van der Waals surface area contributed by atoms with Crippen molar-refractivity contribution in [2.24, 2.45) is 0 Å². The van der Waals surface area contributed by atoms with E-state index in [0.717, 1.165) is 5.75 Å². The Bertz CT molecular complexity index is 837. The molecule has 0 aliphatic carbocycles. The summed E-state index contributed by atoms with van der Waals surface area (Å²) in [4.78, 5) is 12.2. The van der Waals surface area contributed by atoms with E-state index in [4.69, 9.17) is 4.74 Å². The summed E-state index contributed by atoms with van der Waals surface area (Å²) in [5, 5.41) is 2.78. The number of nitrogens with zero attached hydrogens (tertiary/aromatic N) is 1. The molecule has 0 radical (unpaired) electrons. The molecule has 6 nitrogen and oxygen atoms in total. The van der Waals surface area contributed by atoms with Crippen molar-refractivity contribution in [2.75, 3.05) is 29.8 Å². The second-order valence-electron chi connectivity index (χ2n) is 5.71. The Morgan fingerprint density at radius 2 is 1.92 bits per heavy atom. The number of hydrogen-bond donors (Lipinski definition) is 1. The smallest absolute Gasteiger partial charge is 0.251 e. The Kier molecular flexibility index (Phi) is 5.23. The molecule has 132 valence electrons. The molecular weight excluding hydrogens is 340 g/mol. The lowest BCUT2D eigenvalue weighted by atomic mass is 10.2. The van der Waals surface area contributed by atoms with Crippen LogP contribution in [0.25, 0.3) is 0 Å². The molecule has 0 bridgehead atoms. The molecule has 0 spiro atoms. The third kappa shape index (κ3) is 4.30. The van der Waals surface area contributed by atoms with Gasteiger partial charge in [0.2, 0.25) is 10.0 Å². The largest absolute Gasteiger partial charge is 0.492 e. The molecule has 2 aromatic carbocycles. The summed E-state index contributed by atoms with van der Waals surface area (Å²) >= 11 is 0. The van der Waals surface area contributed by atoms with E-state index in [1.54, 1.807) is 24.3 Å². The number of hydrogen-bond acceptors (Lipinski definition) is 4. The lowest BCUT2D eigenvalue weighted by Crippen LogP contribution is -2.29. The van der Waals surface area contributed by atoms with E-state index in [1.165, 1.54) is 4.31 Å². The summed E-state index contributed by atoms with van der Waals surface area (Å²) < 4.78 is 30.9. The Labute approximate surface area is 147 Å². The van der Waals surface area contributed by atoms with Crippen molar-refractivity contribution in [3.8, 4) is 5.75 Å². The van der Waals surface area contributed by atoms with Crippen molar-refractivity contribution in [1.29, 1.82) is 0 Å². The Balaban J connectivity index is 1.56. The van der Waals surface area contributed by atoms with Crippen LogP contribution < -0.4 is 14.4 Å². The zero-order valence-electron chi connectivity index (χ0n) is 13.7. The lowest BCUT2D eigenvalue weighted by Gasteiger charge is -2.17. The summed E-state index contributed by atoms with van der Waals surface area (Å²) in [7, 11) is -3.25. The van der Waals surface area contributed by atoms with Crippen LogP contribution in [-0.4, -0.2) is 39.8 Å². The number of carbonyl (C=O) groups is 1. The average molecular weight is 360 g/mol. The minimum Gasteiger partial charge on any atom is -0.492 e. The molecule has 0 saturated carbocycles. The number of ether oxygens (including phenoxy) is 1. The molecule has 1 aliphatic heterocycles. The van der Waals surface area contributed by atoms with Gasteiger partial charge in [-0.05, 0) is 36.8 Å². The van der Waals surface area contributed by atoms with Crippen LogP contribution in [0.15, 0.2) is 54.6 Å². The first kappa shape index (κ1) is 17.3. The topological polar surface area (TPSA) is 75.7 Å². The highest BCUT2D eigenvalue weighted by Gasteiger charge is 2.28. The van der Waals surface area contributed by atoms with E-state index in [1.807, 2.05) is 30.3 Å². The minimum absolute atomic E-state index is 0.153. The Morgan fingerprint density at radius 3 is 2.64 bits per heavy atom. The highest BCUT2D eigenvalue weighted by molar-refractivity contribution is 7.93. The molecule has 0 unspecified atom stereocenters. The molecule has 3 rings (SSSR count). The van der Waals surface area contributed by atoms with E-state index in [0.29, 0.717) is 37.4 Å². The van der Waals surface area contributed by atoms with Crippen LogP contribution >= 0.6 is 0 Å². The van der Waals surface area contributed by atoms with Gasteiger partial charge in [0.15, 0.2) is 0 Å². The molecule has 1 aliphatic rings. The second-order valence-corrected chi connectivity index (χ2v) is 7.72. The molecule has 2 aromatic rings. The molecule has 25 heavy (non-hydrogen) atoms. The number of rotatable bonds is 6. The highest BCUT2D eigenvalue weighted by Crippen LogP contribution is 2.24.